The Kier molecular flexibility index (Phi) is 5.23. The molecule has 0 atom stereocenters. The van der Waals surface area contributed by atoms with Crippen LogP contribution in [0.15, 0.2) is 23.1 Å². The third kappa shape index (κ3) is 2.98. The van der Waals surface area contributed by atoms with Gasteiger partial charge in [0.1, 0.15) is 0 Å². The fourth-order valence-corrected chi connectivity index (χ4v) is 0.934. The second kappa shape index (κ2) is 5.68. The number of benzene rings is 1. The molecule has 1 aromatic rings. The summed E-state index contributed by atoms with van der Waals surface area (Å²) in [7, 11) is 0. The highest BCUT2D eigenvalue weighted by Crippen LogP contribution is 2.12. The molecule has 0 saturated carbocycles. The predicted molar refractivity (Wildman–Crippen MR) is 54.5 cm³/mol. The monoisotopic (exact) mass is 179 g/mol. The normalized spacial score (nSPS) is 7.92. The van der Waals surface area contributed by atoms with Crippen molar-refractivity contribution >= 4 is 12.6 Å². The van der Waals surface area contributed by atoms with Crippen LogP contribution in [-0.2, 0) is 0 Å². The molecular formula is C10H13NS. The second-order valence-corrected chi connectivity index (χ2v) is 2.63. The van der Waals surface area contributed by atoms with E-state index in [9.17, 15) is 0 Å². The summed E-state index contributed by atoms with van der Waals surface area (Å²) in [4.78, 5) is 0.835. The molecule has 0 aliphatic heterocycles. The zero-order chi connectivity index (χ0) is 9.56. The van der Waals surface area contributed by atoms with Gasteiger partial charge >= 0.3 is 0 Å². The molecule has 1 rings (SSSR count). The van der Waals surface area contributed by atoms with Gasteiger partial charge in [-0.2, -0.15) is 5.26 Å². The van der Waals surface area contributed by atoms with E-state index in [0.29, 0.717) is 5.56 Å². The van der Waals surface area contributed by atoms with E-state index in [1.165, 1.54) is 0 Å². The number of nitrogens with zero attached hydrogens (tertiary/aromatic N) is 1. The number of nitriles is 1. The number of thiol groups is 1. The average Bonchev–Trinajstić information content (AvgIpc) is 2.13. The van der Waals surface area contributed by atoms with Gasteiger partial charge in [0.15, 0.2) is 0 Å². The maximum atomic E-state index is 8.56. The molecule has 0 bridgehead atoms. The number of rotatable bonds is 0. The van der Waals surface area contributed by atoms with E-state index in [1.807, 2.05) is 32.9 Å². The molecule has 0 fully saturated rings. The van der Waals surface area contributed by atoms with Crippen LogP contribution in [0.2, 0.25) is 0 Å². The van der Waals surface area contributed by atoms with E-state index in [4.69, 9.17) is 5.26 Å². The first kappa shape index (κ1) is 11.1. The Labute approximate surface area is 79.4 Å². The van der Waals surface area contributed by atoms with E-state index in [2.05, 4.69) is 18.7 Å². The number of hydrogen-bond donors (Lipinski definition) is 1. The Bertz CT molecular complexity index is 286. The van der Waals surface area contributed by atoms with Crippen molar-refractivity contribution in [3.8, 4) is 6.07 Å². The summed E-state index contributed by atoms with van der Waals surface area (Å²) in [6, 6.07) is 7.61. The van der Waals surface area contributed by atoms with Crippen LogP contribution in [0.25, 0.3) is 0 Å². The molecule has 12 heavy (non-hydrogen) atoms. The smallest absolute Gasteiger partial charge is 0.0994 e. The molecule has 0 amide bonds. The SMILES string of the molecule is CC.Cc1ccc(S)cc1C#N. The van der Waals surface area contributed by atoms with Crippen molar-refractivity contribution in [3.63, 3.8) is 0 Å². The largest absolute Gasteiger partial charge is 0.192 e. The Morgan fingerprint density at radius 2 is 1.92 bits per heavy atom. The topological polar surface area (TPSA) is 23.8 Å². The lowest BCUT2D eigenvalue weighted by Crippen LogP contribution is -1.79. The van der Waals surface area contributed by atoms with Gasteiger partial charge in [-0.1, -0.05) is 19.9 Å². The van der Waals surface area contributed by atoms with Crippen LogP contribution in [0.3, 0.4) is 0 Å². The first-order chi connectivity index (χ1) is 5.74. The summed E-state index contributed by atoms with van der Waals surface area (Å²) >= 11 is 4.10. The lowest BCUT2D eigenvalue weighted by molar-refractivity contribution is 1.33. The maximum Gasteiger partial charge on any atom is 0.0994 e. The van der Waals surface area contributed by atoms with Crippen LogP contribution in [-0.4, -0.2) is 0 Å². The zero-order valence-electron chi connectivity index (χ0n) is 7.63. The van der Waals surface area contributed by atoms with Crippen LogP contribution < -0.4 is 0 Å². The summed E-state index contributed by atoms with van der Waals surface area (Å²) in [5, 5.41) is 8.56. The minimum Gasteiger partial charge on any atom is -0.192 e. The minimum absolute atomic E-state index is 0.701. The van der Waals surface area contributed by atoms with Gasteiger partial charge in [-0.25, -0.2) is 0 Å². The summed E-state index contributed by atoms with van der Waals surface area (Å²) in [5.41, 5.74) is 1.70. The molecule has 2 heteroatoms. The van der Waals surface area contributed by atoms with Gasteiger partial charge in [-0.15, -0.1) is 12.6 Å². The fourth-order valence-electron chi connectivity index (χ4n) is 0.730. The third-order valence-electron chi connectivity index (χ3n) is 1.34. The van der Waals surface area contributed by atoms with Crippen LogP contribution in [0.4, 0.5) is 0 Å². The molecule has 0 spiro atoms. The van der Waals surface area contributed by atoms with Crippen LogP contribution in [0, 0.1) is 18.3 Å². The molecule has 0 aliphatic carbocycles. The van der Waals surface area contributed by atoms with Gasteiger partial charge in [0.25, 0.3) is 0 Å². The standard InChI is InChI=1S/C8H7NS.C2H6/c1-6-2-3-8(10)4-7(6)5-9;1-2/h2-4,10H,1H3;1-2H3. The molecule has 0 unspecified atom stereocenters. The van der Waals surface area contributed by atoms with Gasteiger partial charge in [0.05, 0.1) is 11.6 Å². The Hall–Kier alpha value is -0.940. The van der Waals surface area contributed by atoms with Gasteiger partial charge in [-0.05, 0) is 24.6 Å². The highest BCUT2D eigenvalue weighted by atomic mass is 32.1. The second-order valence-electron chi connectivity index (χ2n) is 2.11. The van der Waals surface area contributed by atoms with E-state index in [1.54, 1.807) is 6.07 Å². The molecule has 0 saturated heterocycles. The summed E-state index contributed by atoms with van der Waals surface area (Å²) in [6.07, 6.45) is 0. The Morgan fingerprint density at radius 3 is 2.33 bits per heavy atom. The fraction of sp³-hybridized carbons (Fsp3) is 0.300. The van der Waals surface area contributed by atoms with Crippen molar-refractivity contribution in [1.29, 1.82) is 5.26 Å². The molecular weight excluding hydrogens is 166 g/mol. The van der Waals surface area contributed by atoms with E-state index >= 15 is 0 Å². The zero-order valence-corrected chi connectivity index (χ0v) is 8.52. The molecule has 0 heterocycles. The molecule has 0 radical (unpaired) electrons. The molecule has 0 aliphatic rings. The summed E-state index contributed by atoms with van der Waals surface area (Å²) in [5.74, 6) is 0. The van der Waals surface area contributed by atoms with Crippen molar-refractivity contribution in [2.75, 3.05) is 0 Å². The molecule has 64 valence electrons. The lowest BCUT2D eigenvalue weighted by Gasteiger charge is -1.95. The minimum atomic E-state index is 0.701. The third-order valence-corrected chi connectivity index (χ3v) is 1.62. The van der Waals surface area contributed by atoms with Crippen LogP contribution in [0.5, 0.6) is 0 Å². The number of aryl methyl sites for hydroxylation is 1. The molecule has 0 N–H and O–H groups in total. The van der Waals surface area contributed by atoms with Crippen molar-refractivity contribution in [3.05, 3.63) is 29.3 Å². The van der Waals surface area contributed by atoms with Crippen molar-refractivity contribution in [2.24, 2.45) is 0 Å². The average molecular weight is 179 g/mol. The van der Waals surface area contributed by atoms with Gasteiger partial charge < -0.3 is 0 Å². The van der Waals surface area contributed by atoms with Crippen LogP contribution >= 0.6 is 12.6 Å². The number of hydrogen-bond acceptors (Lipinski definition) is 2. The summed E-state index contributed by atoms with van der Waals surface area (Å²) in [6.45, 7) is 5.91. The van der Waals surface area contributed by atoms with E-state index in [0.717, 1.165) is 10.5 Å². The maximum absolute atomic E-state index is 8.56. The van der Waals surface area contributed by atoms with Crippen LogP contribution in [0.1, 0.15) is 25.0 Å². The highest BCUT2D eigenvalue weighted by Gasteiger charge is 1.94. The molecule has 1 nitrogen and oxygen atoms in total. The quantitative estimate of drug-likeness (QED) is 0.607. The Morgan fingerprint density at radius 1 is 1.33 bits per heavy atom. The van der Waals surface area contributed by atoms with Gasteiger partial charge in [0.2, 0.25) is 0 Å². The van der Waals surface area contributed by atoms with E-state index < -0.39 is 0 Å². The van der Waals surface area contributed by atoms with Crippen molar-refractivity contribution in [1.82, 2.24) is 0 Å². The predicted octanol–water partition coefficient (Wildman–Crippen LogP) is 3.18. The van der Waals surface area contributed by atoms with E-state index in [-0.39, 0.29) is 0 Å². The first-order valence-corrected chi connectivity index (χ1v) is 4.38. The lowest BCUT2D eigenvalue weighted by atomic mass is 10.1. The van der Waals surface area contributed by atoms with Gasteiger partial charge in [-0.3, -0.25) is 0 Å². The van der Waals surface area contributed by atoms with Crippen molar-refractivity contribution in [2.45, 2.75) is 25.7 Å². The highest BCUT2D eigenvalue weighted by molar-refractivity contribution is 7.80. The first-order valence-electron chi connectivity index (χ1n) is 3.94. The van der Waals surface area contributed by atoms with Crippen molar-refractivity contribution < 1.29 is 0 Å². The molecule has 0 aromatic heterocycles. The molecule has 1 aromatic carbocycles. The summed E-state index contributed by atoms with van der Waals surface area (Å²) < 4.78 is 0. The Balaban J connectivity index is 0.000000561. The van der Waals surface area contributed by atoms with Gasteiger partial charge in [0, 0.05) is 4.90 Å².